The highest BCUT2D eigenvalue weighted by molar-refractivity contribution is 5.87. The molecule has 0 saturated heterocycles. The molecule has 0 radical (unpaired) electrons. The summed E-state index contributed by atoms with van der Waals surface area (Å²) in [5, 5.41) is 11.9. The van der Waals surface area contributed by atoms with Crippen LogP contribution in [0, 0.1) is 0 Å². The number of phenolic OH excluding ortho intramolecular Hbond substituents is 1. The Kier molecular flexibility index (Phi) is 6.80. The van der Waals surface area contributed by atoms with Gasteiger partial charge in [0.05, 0.1) is 26.0 Å². The first kappa shape index (κ1) is 20.0. The molecule has 0 aliphatic heterocycles. The van der Waals surface area contributed by atoms with E-state index in [0.717, 1.165) is 33.2 Å². The number of methoxy groups -OCH3 is 3. The van der Waals surface area contributed by atoms with E-state index in [0.29, 0.717) is 19.0 Å². The zero-order valence-electron chi connectivity index (χ0n) is 15.0. The van der Waals surface area contributed by atoms with Crippen LogP contribution in [0.1, 0.15) is 11.1 Å². The molecule has 0 saturated carbocycles. The number of aromatic hydroxyl groups is 1. The summed E-state index contributed by atoms with van der Waals surface area (Å²) in [6, 6.07) is 11.4. The molecule has 1 N–H and O–H groups in total. The Balaban J connectivity index is 0.00000243. The third kappa shape index (κ3) is 4.07. The number of phenols is 1. The fraction of sp³-hybridized carbons (Fsp3) is 0.250. The monoisotopic (exact) mass is 375 g/mol. The van der Waals surface area contributed by atoms with Crippen molar-refractivity contribution in [3.63, 3.8) is 0 Å². The third-order valence-corrected chi connectivity index (χ3v) is 4.12. The first-order valence-corrected chi connectivity index (χ1v) is 7.93. The van der Waals surface area contributed by atoms with Gasteiger partial charge < -0.3 is 19.3 Å². The molecule has 26 heavy (non-hydrogen) atoms. The zero-order chi connectivity index (χ0) is 17.8. The first-order chi connectivity index (χ1) is 12.2. The van der Waals surface area contributed by atoms with Gasteiger partial charge in [-0.25, -0.2) is 0 Å². The topological polar surface area (TPSA) is 60.8 Å². The maximum atomic E-state index is 9.76. The van der Waals surface area contributed by atoms with E-state index in [9.17, 15) is 5.11 Å². The van der Waals surface area contributed by atoms with E-state index in [2.05, 4.69) is 17.1 Å². The third-order valence-electron chi connectivity index (χ3n) is 4.12. The Morgan fingerprint density at radius 2 is 1.54 bits per heavy atom. The van der Waals surface area contributed by atoms with Crippen LogP contribution in [0.5, 0.6) is 11.5 Å². The second-order valence-electron chi connectivity index (χ2n) is 5.79. The molecule has 0 amide bonds. The van der Waals surface area contributed by atoms with Gasteiger partial charge in [-0.2, -0.15) is 0 Å². The molecule has 0 aliphatic carbocycles. The summed E-state index contributed by atoms with van der Waals surface area (Å²) in [4.78, 5) is 4.55. The van der Waals surface area contributed by atoms with Gasteiger partial charge in [-0.05, 0) is 52.9 Å². The van der Waals surface area contributed by atoms with Gasteiger partial charge in [0.15, 0.2) is 11.5 Å². The Bertz CT molecular complexity index is 898. The van der Waals surface area contributed by atoms with Crippen LogP contribution in [-0.2, 0) is 22.7 Å². The lowest BCUT2D eigenvalue weighted by Crippen LogP contribution is -1.98. The fourth-order valence-corrected chi connectivity index (χ4v) is 2.86. The summed E-state index contributed by atoms with van der Waals surface area (Å²) >= 11 is 0. The molecule has 138 valence electrons. The van der Waals surface area contributed by atoms with Crippen LogP contribution >= 0.6 is 12.4 Å². The van der Waals surface area contributed by atoms with Gasteiger partial charge in [0.1, 0.15) is 0 Å². The number of nitrogens with zero attached hydrogens (tertiary/aromatic N) is 1. The predicted molar refractivity (Wildman–Crippen MR) is 104 cm³/mol. The molecule has 0 atom stereocenters. The van der Waals surface area contributed by atoms with E-state index in [-0.39, 0.29) is 18.2 Å². The van der Waals surface area contributed by atoms with E-state index < -0.39 is 0 Å². The quantitative estimate of drug-likeness (QED) is 0.694. The number of rotatable bonds is 6. The fourth-order valence-electron chi connectivity index (χ4n) is 2.86. The van der Waals surface area contributed by atoms with Crippen molar-refractivity contribution in [2.24, 2.45) is 0 Å². The summed E-state index contributed by atoms with van der Waals surface area (Å²) in [6.07, 6.45) is 1.85. The number of halogens is 1. The molecule has 0 spiro atoms. The average molecular weight is 376 g/mol. The van der Waals surface area contributed by atoms with Crippen molar-refractivity contribution in [2.75, 3.05) is 21.3 Å². The van der Waals surface area contributed by atoms with Gasteiger partial charge in [-0.15, -0.1) is 12.4 Å². The molecule has 0 fully saturated rings. The van der Waals surface area contributed by atoms with Gasteiger partial charge in [0.25, 0.3) is 0 Å². The summed E-state index contributed by atoms with van der Waals surface area (Å²) in [5.74, 6) is 0.536. The van der Waals surface area contributed by atoms with Gasteiger partial charge in [-0.1, -0.05) is 0 Å². The van der Waals surface area contributed by atoms with Crippen LogP contribution in [0.2, 0.25) is 0 Å². The second kappa shape index (κ2) is 8.85. The van der Waals surface area contributed by atoms with E-state index >= 15 is 0 Å². The average Bonchev–Trinajstić information content (AvgIpc) is 2.62. The number of benzene rings is 2. The van der Waals surface area contributed by atoms with Crippen LogP contribution in [0.4, 0.5) is 0 Å². The van der Waals surface area contributed by atoms with Crippen molar-refractivity contribution in [3.8, 4) is 22.8 Å². The Morgan fingerprint density at radius 1 is 0.885 bits per heavy atom. The molecule has 0 bridgehead atoms. The Hall–Kier alpha value is -2.34. The van der Waals surface area contributed by atoms with Crippen molar-refractivity contribution in [3.05, 3.63) is 53.7 Å². The molecule has 2 aromatic carbocycles. The number of ether oxygens (including phenoxy) is 3. The first-order valence-electron chi connectivity index (χ1n) is 7.93. The molecule has 6 heteroatoms. The van der Waals surface area contributed by atoms with Crippen LogP contribution < -0.4 is 4.74 Å². The maximum absolute atomic E-state index is 9.76. The van der Waals surface area contributed by atoms with Crippen LogP contribution in [0.15, 0.2) is 42.6 Å². The van der Waals surface area contributed by atoms with Crippen molar-refractivity contribution < 1.29 is 19.3 Å². The van der Waals surface area contributed by atoms with Gasteiger partial charge >= 0.3 is 0 Å². The minimum absolute atomic E-state index is 0. The summed E-state index contributed by atoms with van der Waals surface area (Å²) in [7, 11) is 4.89. The second-order valence-corrected chi connectivity index (χ2v) is 5.79. The lowest BCUT2D eigenvalue weighted by Gasteiger charge is -2.12. The molecule has 3 aromatic rings. The summed E-state index contributed by atoms with van der Waals surface area (Å²) in [5.41, 5.74) is 3.88. The SMILES string of the molecule is COCc1cc2cnc(-c3ccc(O)c(OC)c3)cc2cc1COC.Cl. The van der Waals surface area contributed by atoms with Crippen molar-refractivity contribution in [1.29, 1.82) is 0 Å². The van der Waals surface area contributed by atoms with Crippen LogP contribution in [0.3, 0.4) is 0 Å². The maximum Gasteiger partial charge on any atom is 0.161 e. The molecule has 1 heterocycles. The molecule has 5 nitrogen and oxygen atoms in total. The molecule has 3 rings (SSSR count). The van der Waals surface area contributed by atoms with Crippen LogP contribution in [0.25, 0.3) is 22.0 Å². The standard InChI is InChI=1S/C20H21NO4.ClH/c1-23-11-16-6-14-8-18(13-4-5-19(22)20(9-13)25-3)21-10-15(14)7-17(16)12-24-2;/h4-10,22H,11-12H2,1-3H3;1H. The summed E-state index contributed by atoms with van der Waals surface area (Å²) in [6.45, 7) is 1.06. The largest absolute Gasteiger partial charge is 0.504 e. The number of pyridine rings is 1. The van der Waals surface area contributed by atoms with E-state index in [1.165, 1.54) is 7.11 Å². The van der Waals surface area contributed by atoms with Crippen molar-refractivity contribution in [2.45, 2.75) is 13.2 Å². The van der Waals surface area contributed by atoms with E-state index in [1.54, 1.807) is 26.4 Å². The highest BCUT2D eigenvalue weighted by atomic mass is 35.5. The normalized spacial score (nSPS) is 10.6. The number of aromatic nitrogens is 1. The molecular weight excluding hydrogens is 354 g/mol. The Labute approximate surface area is 159 Å². The number of fused-ring (bicyclic) bond motifs is 1. The zero-order valence-corrected chi connectivity index (χ0v) is 15.8. The van der Waals surface area contributed by atoms with E-state index in [4.69, 9.17) is 14.2 Å². The number of hydrogen-bond donors (Lipinski definition) is 1. The molecular formula is C20H22ClNO4. The lowest BCUT2D eigenvalue weighted by molar-refractivity contribution is 0.168. The van der Waals surface area contributed by atoms with E-state index in [1.807, 2.05) is 18.3 Å². The van der Waals surface area contributed by atoms with Crippen molar-refractivity contribution in [1.82, 2.24) is 4.98 Å². The summed E-state index contributed by atoms with van der Waals surface area (Å²) < 4.78 is 15.8. The molecule has 0 aliphatic rings. The molecule has 0 unspecified atom stereocenters. The van der Waals surface area contributed by atoms with Gasteiger partial charge in [0.2, 0.25) is 0 Å². The minimum Gasteiger partial charge on any atom is -0.504 e. The van der Waals surface area contributed by atoms with Gasteiger partial charge in [-0.3, -0.25) is 4.98 Å². The highest BCUT2D eigenvalue weighted by Gasteiger charge is 2.09. The van der Waals surface area contributed by atoms with Gasteiger partial charge in [0, 0.05) is 31.4 Å². The Morgan fingerprint density at radius 3 is 2.15 bits per heavy atom. The molecule has 1 aromatic heterocycles. The minimum atomic E-state index is 0. The number of hydrogen-bond acceptors (Lipinski definition) is 5. The van der Waals surface area contributed by atoms with Crippen LogP contribution in [-0.4, -0.2) is 31.4 Å². The smallest absolute Gasteiger partial charge is 0.161 e. The van der Waals surface area contributed by atoms with Crippen molar-refractivity contribution >= 4 is 23.2 Å². The lowest BCUT2D eigenvalue weighted by atomic mass is 10.0. The predicted octanol–water partition coefficient (Wildman–Crippen LogP) is 4.33. The highest BCUT2D eigenvalue weighted by Crippen LogP contribution is 2.32.